The second kappa shape index (κ2) is 1.91. The molecule has 56 valence electrons. The van der Waals surface area contributed by atoms with Crippen molar-refractivity contribution in [3.05, 3.63) is 59.2 Å². The van der Waals surface area contributed by atoms with E-state index in [1.54, 1.807) is 0 Å². The molecule has 0 amide bonds. The van der Waals surface area contributed by atoms with Gasteiger partial charge >= 0.3 is 5.82 Å². The fourth-order valence-corrected chi connectivity index (χ4v) is 1.55. The van der Waals surface area contributed by atoms with Gasteiger partial charge in [0.2, 0.25) is 5.36 Å². The summed E-state index contributed by atoms with van der Waals surface area (Å²) < 4.78 is 2.09. The highest BCUT2D eigenvalue weighted by Gasteiger charge is 2.20. The third kappa shape index (κ3) is 0.593. The van der Waals surface area contributed by atoms with E-state index >= 15 is 0 Å². The van der Waals surface area contributed by atoms with Crippen LogP contribution in [-0.2, 0) is 0 Å². The van der Waals surface area contributed by atoms with Crippen molar-refractivity contribution in [1.29, 1.82) is 0 Å². The fourth-order valence-electron chi connectivity index (χ4n) is 1.55. The maximum Gasteiger partial charge on any atom is 0.329 e. The summed E-state index contributed by atoms with van der Waals surface area (Å²) in [6.45, 7) is 0. The summed E-state index contributed by atoms with van der Waals surface area (Å²) in [5.41, 5.74) is 0. The minimum atomic E-state index is 1.02. The van der Waals surface area contributed by atoms with Crippen LogP contribution in [0.4, 0.5) is 0 Å². The van der Waals surface area contributed by atoms with E-state index in [9.17, 15) is 0 Å². The second-order valence-electron chi connectivity index (χ2n) is 2.84. The minimum absolute atomic E-state index is 1.02. The van der Waals surface area contributed by atoms with Gasteiger partial charge in [-0.05, 0) is 23.2 Å². The Morgan fingerprint density at radius 1 is 1.17 bits per heavy atom. The molecule has 0 aromatic heterocycles. The molecule has 0 N–H and O–H groups in total. The van der Waals surface area contributed by atoms with Crippen LogP contribution in [0.5, 0.6) is 0 Å². The molecule has 0 unspecified atom stereocenters. The van der Waals surface area contributed by atoms with Gasteiger partial charge in [-0.15, -0.1) is 0 Å². The van der Waals surface area contributed by atoms with Crippen molar-refractivity contribution >= 4 is 0 Å². The molecule has 0 radical (unpaired) electrons. The van der Waals surface area contributed by atoms with E-state index in [1.807, 2.05) is 36.6 Å². The van der Waals surface area contributed by atoms with Gasteiger partial charge in [0, 0.05) is 6.08 Å². The zero-order valence-electron chi connectivity index (χ0n) is 6.44. The lowest BCUT2D eigenvalue weighted by Crippen LogP contribution is -2.29. The molecule has 3 rings (SSSR count). The first-order chi connectivity index (χ1) is 5.95. The van der Waals surface area contributed by atoms with Crippen LogP contribution in [0.1, 0.15) is 0 Å². The third-order valence-corrected chi connectivity index (χ3v) is 2.10. The molecule has 0 fully saturated rings. The molecule has 1 aromatic carbocycles. The molecule has 0 spiro atoms. The molecule has 2 aliphatic heterocycles. The molecule has 0 saturated heterocycles. The van der Waals surface area contributed by atoms with Gasteiger partial charge in [-0.25, -0.2) is 0 Å². The maximum absolute atomic E-state index is 4.44. The highest BCUT2D eigenvalue weighted by molar-refractivity contribution is 5.26. The quantitative estimate of drug-likeness (QED) is 0.475. The first-order valence-electron chi connectivity index (χ1n) is 3.94. The summed E-state index contributed by atoms with van der Waals surface area (Å²) in [6, 6.07) is 8.15. The molecule has 12 heavy (non-hydrogen) atoms. The molecule has 0 atom stereocenters. The maximum atomic E-state index is 4.44. The molecule has 0 saturated carbocycles. The van der Waals surface area contributed by atoms with Crippen LogP contribution in [-0.4, -0.2) is 0 Å². The minimum Gasteiger partial charge on any atom is -0.192 e. The first kappa shape index (κ1) is 5.89. The number of benzene rings is 1. The topological polar surface area (TPSA) is 15.4 Å². The zero-order chi connectivity index (χ0) is 7.97. The first-order valence-corrected chi connectivity index (χ1v) is 3.94. The normalized spacial score (nSPS) is 17.0. The highest BCUT2D eigenvalue weighted by Crippen LogP contribution is 2.05. The number of hydrogen-bond acceptors (Lipinski definition) is 1. The highest BCUT2D eigenvalue weighted by atomic mass is 15.1. The number of rotatable bonds is 0. The monoisotopic (exact) mass is 155 g/mol. The van der Waals surface area contributed by atoms with Gasteiger partial charge in [-0.3, -0.25) is 0 Å². The Kier molecular flexibility index (Phi) is 0.939. The largest absolute Gasteiger partial charge is 0.329 e. The molecular weight excluding hydrogens is 148 g/mol. The molecule has 0 bridgehead atoms. The Balaban J connectivity index is 2.59. The lowest BCUT2D eigenvalue weighted by molar-refractivity contribution is 0.910. The SMILES string of the molecule is C1=C[N+]2=c3ccccc3=NC2=C1. The van der Waals surface area contributed by atoms with Crippen molar-refractivity contribution in [3.8, 4) is 0 Å². The lowest BCUT2D eigenvalue weighted by Gasteiger charge is -1.83. The van der Waals surface area contributed by atoms with Crippen LogP contribution in [0.2, 0.25) is 0 Å². The van der Waals surface area contributed by atoms with Crippen molar-refractivity contribution in [2.75, 3.05) is 0 Å². The number of hydrogen-bond donors (Lipinski definition) is 0. The van der Waals surface area contributed by atoms with Crippen molar-refractivity contribution in [3.63, 3.8) is 0 Å². The van der Waals surface area contributed by atoms with Crippen molar-refractivity contribution in [2.45, 2.75) is 0 Å². The van der Waals surface area contributed by atoms with E-state index in [0.29, 0.717) is 0 Å². The van der Waals surface area contributed by atoms with Gasteiger partial charge in [0.25, 0.3) is 0 Å². The number of allylic oxidation sites excluding steroid dienone is 2. The average Bonchev–Trinajstić information content (AvgIpc) is 2.62. The summed E-state index contributed by atoms with van der Waals surface area (Å²) in [5, 5.41) is 2.24. The summed E-state index contributed by atoms with van der Waals surface area (Å²) in [7, 11) is 0. The Morgan fingerprint density at radius 2 is 2.08 bits per heavy atom. The van der Waals surface area contributed by atoms with Crippen LogP contribution < -0.4 is 15.3 Å². The van der Waals surface area contributed by atoms with E-state index in [2.05, 4.69) is 15.6 Å². The van der Waals surface area contributed by atoms with Crippen LogP contribution >= 0.6 is 0 Å². The molecule has 2 heteroatoms. The molecule has 0 aliphatic carbocycles. The van der Waals surface area contributed by atoms with Crippen molar-refractivity contribution in [2.24, 2.45) is 4.99 Å². The standard InChI is InChI=1S/C10H7N2/c1-2-5-9-8(4-1)11-10-6-3-7-12(9)10/h1-7H/q+1. The molecule has 2 aliphatic rings. The number of fused-ring (bicyclic) bond motifs is 2. The van der Waals surface area contributed by atoms with Gasteiger partial charge in [0.05, 0.1) is 6.20 Å². The van der Waals surface area contributed by atoms with Crippen LogP contribution in [0.25, 0.3) is 0 Å². The molecule has 2 nitrogen and oxygen atoms in total. The molecule has 1 aromatic rings. The Labute approximate surface area is 69.5 Å². The third-order valence-electron chi connectivity index (χ3n) is 2.10. The summed E-state index contributed by atoms with van der Waals surface area (Å²) in [6.07, 6.45) is 6.06. The number of para-hydroxylation sites is 2. The van der Waals surface area contributed by atoms with Gasteiger partial charge in [0.1, 0.15) is 0 Å². The molecule has 2 heterocycles. The predicted octanol–water partition coefficient (Wildman–Crippen LogP) is 0.180. The predicted molar refractivity (Wildman–Crippen MR) is 45.7 cm³/mol. The van der Waals surface area contributed by atoms with Crippen molar-refractivity contribution in [1.82, 2.24) is 4.58 Å². The Morgan fingerprint density at radius 3 is 3.08 bits per heavy atom. The average molecular weight is 155 g/mol. The molecular formula is C10H7N2+. The second-order valence-corrected chi connectivity index (χ2v) is 2.84. The van der Waals surface area contributed by atoms with Gasteiger partial charge in [-0.2, -0.15) is 4.58 Å². The van der Waals surface area contributed by atoms with E-state index in [4.69, 9.17) is 0 Å². The Bertz CT molecular complexity index is 521. The number of nitrogens with zero attached hydrogens (tertiary/aromatic N) is 2. The van der Waals surface area contributed by atoms with E-state index in [0.717, 1.165) is 11.2 Å². The summed E-state index contributed by atoms with van der Waals surface area (Å²) in [4.78, 5) is 4.44. The fraction of sp³-hybridized carbons (Fsp3) is 0. The van der Waals surface area contributed by atoms with Crippen molar-refractivity contribution < 1.29 is 0 Å². The summed E-state index contributed by atoms with van der Waals surface area (Å²) in [5.74, 6) is 1.02. The zero-order valence-corrected chi connectivity index (χ0v) is 6.44. The lowest BCUT2D eigenvalue weighted by atomic mass is 10.3. The Hall–Kier alpha value is -1.70. The van der Waals surface area contributed by atoms with Crippen LogP contribution in [0.3, 0.4) is 0 Å². The smallest absolute Gasteiger partial charge is 0.192 e. The van der Waals surface area contributed by atoms with Crippen LogP contribution in [0, 0.1) is 0 Å². The van der Waals surface area contributed by atoms with Gasteiger partial charge < -0.3 is 0 Å². The van der Waals surface area contributed by atoms with Gasteiger partial charge in [0.15, 0.2) is 5.36 Å². The van der Waals surface area contributed by atoms with E-state index < -0.39 is 0 Å². The summed E-state index contributed by atoms with van der Waals surface area (Å²) >= 11 is 0. The van der Waals surface area contributed by atoms with E-state index in [1.165, 1.54) is 5.36 Å². The van der Waals surface area contributed by atoms with E-state index in [-0.39, 0.29) is 0 Å². The van der Waals surface area contributed by atoms with Gasteiger partial charge in [-0.1, -0.05) is 12.1 Å². The van der Waals surface area contributed by atoms with Crippen LogP contribution in [0.15, 0.2) is 53.4 Å².